The summed E-state index contributed by atoms with van der Waals surface area (Å²) >= 11 is 0. The van der Waals surface area contributed by atoms with Gasteiger partial charge < -0.3 is 10.2 Å². The Kier molecular flexibility index (Phi) is 5.87. The number of nitrogens with one attached hydrogen (secondary N) is 1. The second-order valence-electron chi connectivity index (χ2n) is 5.58. The minimum atomic E-state index is 0.504. The number of hydrogen-bond donors (Lipinski definition) is 1. The van der Waals surface area contributed by atoms with Crippen molar-refractivity contribution in [1.29, 1.82) is 0 Å². The second kappa shape index (κ2) is 7.66. The third kappa shape index (κ3) is 4.63. The van der Waals surface area contributed by atoms with Gasteiger partial charge in [-0.25, -0.2) is 0 Å². The molecule has 1 aromatic carbocycles. The number of benzene rings is 1. The molecule has 1 aliphatic carbocycles. The van der Waals surface area contributed by atoms with Gasteiger partial charge in [-0.3, -0.25) is 0 Å². The summed E-state index contributed by atoms with van der Waals surface area (Å²) in [4.78, 5) is 2.69. The van der Waals surface area contributed by atoms with Crippen LogP contribution in [0.25, 0.3) is 0 Å². The molecule has 0 heterocycles. The van der Waals surface area contributed by atoms with Crippen molar-refractivity contribution in [2.75, 3.05) is 19.6 Å². The van der Waals surface area contributed by atoms with Crippen LogP contribution in [-0.2, 0) is 0 Å². The highest BCUT2D eigenvalue weighted by atomic mass is 15.2. The minimum Gasteiger partial charge on any atom is -0.310 e. The van der Waals surface area contributed by atoms with E-state index in [0.717, 1.165) is 12.6 Å². The second-order valence-corrected chi connectivity index (χ2v) is 5.58. The van der Waals surface area contributed by atoms with Crippen LogP contribution in [0.5, 0.6) is 0 Å². The van der Waals surface area contributed by atoms with Crippen LogP contribution in [0.4, 0.5) is 0 Å². The van der Waals surface area contributed by atoms with Crippen LogP contribution in [-0.4, -0.2) is 30.6 Å². The first-order valence-corrected chi connectivity index (χ1v) is 7.87. The van der Waals surface area contributed by atoms with E-state index in [-0.39, 0.29) is 0 Å². The fraction of sp³-hybridized carbons (Fsp3) is 0.647. The monoisotopic (exact) mass is 260 g/mol. The molecule has 0 spiro atoms. The summed E-state index contributed by atoms with van der Waals surface area (Å²) < 4.78 is 0. The van der Waals surface area contributed by atoms with Crippen molar-refractivity contribution in [3.63, 3.8) is 0 Å². The molecule has 1 fully saturated rings. The van der Waals surface area contributed by atoms with E-state index < -0.39 is 0 Å². The fourth-order valence-electron chi connectivity index (χ4n) is 2.82. The van der Waals surface area contributed by atoms with E-state index >= 15 is 0 Å². The highest BCUT2D eigenvalue weighted by Crippen LogP contribution is 2.28. The van der Waals surface area contributed by atoms with Crippen molar-refractivity contribution in [2.45, 2.75) is 51.6 Å². The van der Waals surface area contributed by atoms with Gasteiger partial charge in [0.2, 0.25) is 0 Å². The SMILES string of the molecule is CCCN(CCC(NCC)c1ccccc1)C1CC1. The van der Waals surface area contributed by atoms with Gasteiger partial charge in [0.15, 0.2) is 0 Å². The fourth-order valence-corrected chi connectivity index (χ4v) is 2.82. The summed E-state index contributed by atoms with van der Waals surface area (Å²) in [7, 11) is 0. The van der Waals surface area contributed by atoms with Crippen LogP contribution < -0.4 is 5.32 Å². The van der Waals surface area contributed by atoms with Crippen molar-refractivity contribution in [3.8, 4) is 0 Å². The summed E-state index contributed by atoms with van der Waals surface area (Å²) in [5.74, 6) is 0. The molecule has 1 atom stereocenters. The highest BCUT2D eigenvalue weighted by Gasteiger charge is 2.28. The zero-order chi connectivity index (χ0) is 13.5. The molecule has 106 valence electrons. The first-order chi connectivity index (χ1) is 9.35. The minimum absolute atomic E-state index is 0.504. The highest BCUT2D eigenvalue weighted by molar-refractivity contribution is 5.18. The normalized spacial score (nSPS) is 16.8. The summed E-state index contributed by atoms with van der Waals surface area (Å²) in [6, 6.07) is 12.3. The van der Waals surface area contributed by atoms with E-state index in [0.29, 0.717) is 6.04 Å². The first-order valence-electron chi connectivity index (χ1n) is 7.87. The molecule has 2 heteroatoms. The zero-order valence-corrected chi connectivity index (χ0v) is 12.4. The average molecular weight is 260 g/mol. The molecular weight excluding hydrogens is 232 g/mol. The van der Waals surface area contributed by atoms with Crippen molar-refractivity contribution in [3.05, 3.63) is 35.9 Å². The third-order valence-electron chi connectivity index (χ3n) is 3.93. The van der Waals surface area contributed by atoms with E-state index in [1.54, 1.807) is 0 Å². The Hall–Kier alpha value is -0.860. The quantitative estimate of drug-likeness (QED) is 0.730. The van der Waals surface area contributed by atoms with Gasteiger partial charge in [-0.05, 0) is 44.3 Å². The van der Waals surface area contributed by atoms with Crippen molar-refractivity contribution in [1.82, 2.24) is 10.2 Å². The van der Waals surface area contributed by atoms with E-state index in [9.17, 15) is 0 Å². The summed E-state index contributed by atoms with van der Waals surface area (Å²) in [6.07, 6.45) is 5.32. The molecule has 2 nitrogen and oxygen atoms in total. The van der Waals surface area contributed by atoms with Crippen LogP contribution in [0.1, 0.15) is 51.1 Å². The molecule has 1 saturated carbocycles. The maximum atomic E-state index is 3.63. The number of hydrogen-bond acceptors (Lipinski definition) is 2. The molecule has 1 unspecified atom stereocenters. The average Bonchev–Trinajstić information content (AvgIpc) is 3.27. The Morgan fingerprint density at radius 3 is 2.47 bits per heavy atom. The topological polar surface area (TPSA) is 15.3 Å². The van der Waals surface area contributed by atoms with Gasteiger partial charge in [0, 0.05) is 18.6 Å². The summed E-state index contributed by atoms with van der Waals surface area (Å²) in [5, 5.41) is 3.63. The molecule has 1 N–H and O–H groups in total. The molecular formula is C17H28N2. The largest absolute Gasteiger partial charge is 0.310 e. The predicted molar refractivity (Wildman–Crippen MR) is 82.4 cm³/mol. The van der Waals surface area contributed by atoms with Crippen molar-refractivity contribution >= 4 is 0 Å². The number of rotatable bonds is 9. The van der Waals surface area contributed by atoms with Gasteiger partial charge in [0.25, 0.3) is 0 Å². The van der Waals surface area contributed by atoms with E-state index in [1.807, 2.05) is 0 Å². The summed E-state index contributed by atoms with van der Waals surface area (Å²) in [5.41, 5.74) is 1.43. The van der Waals surface area contributed by atoms with Gasteiger partial charge in [-0.15, -0.1) is 0 Å². The van der Waals surface area contributed by atoms with Gasteiger partial charge in [-0.2, -0.15) is 0 Å². The molecule has 0 amide bonds. The lowest BCUT2D eigenvalue weighted by Crippen LogP contribution is -2.31. The van der Waals surface area contributed by atoms with E-state index in [2.05, 4.69) is 54.4 Å². The van der Waals surface area contributed by atoms with Gasteiger partial charge in [0.1, 0.15) is 0 Å². The molecule has 1 aromatic rings. The number of nitrogens with zero attached hydrogens (tertiary/aromatic N) is 1. The Labute approximate surface area is 118 Å². The first kappa shape index (κ1) is 14.5. The lowest BCUT2D eigenvalue weighted by molar-refractivity contribution is 0.248. The van der Waals surface area contributed by atoms with Crippen molar-refractivity contribution < 1.29 is 0 Å². The lowest BCUT2D eigenvalue weighted by Gasteiger charge is -2.25. The standard InChI is InChI=1S/C17H28N2/c1-3-13-19(16-10-11-16)14-12-17(18-4-2)15-8-6-5-7-9-15/h5-9,16-18H,3-4,10-14H2,1-2H3. The van der Waals surface area contributed by atoms with Crippen molar-refractivity contribution in [2.24, 2.45) is 0 Å². The van der Waals surface area contributed by atoms with Crippen LogP contribution in [0.3, 0.4) is 0 Å². The van der Waals surface area contributed by atoms with Crippen LogP contribution >= 0.6 is 0 Å². The zero-order valence-electron chi connectivity index (χ0n) is 12.4. The van der Waals surface area contributed by atoms with Crippen LogP contribution in [0, 0.1) is 0 Å². The van der Waals surface area contributed by atoms with Gasteiger partial charge in [0.05, 0.1) is 0 Å². The van der Waals surface area contributed by atoms with E-state index in [1.165, 1.54) is 44.3 Å². The van der Waals surface area contributed by atoms with Crippen LogP contribution in [0.2, 0.25) is 0 Å². The Morgan fingerprint density at radius 1 is 1.16 bits per heavy atom. The third-order valence-corrected chi connectivity index (χ3v) is 3.93. The molecule has 1 aliphatic rings. The molecule has 0 saturated heterocycles. The van der Waals surface area contributed by atoms with E-state index in [4.69, 9.17) is 0 Å². The maximum absolute atomic E-state index is 3.63. The molecule has 0 aliphatic heterocycles. The van der Waals surface area contributed by atoms with Gasteiger partial charge >= 0.3 is 0 Å². The Bertz CT molecular complexity index is 346. The van der Waals surface area contributed by atoms with Crippen LogP contribution in [0.15, 0.2) is 30.3 Å². The smallest absolute Gasteiger partial charge is 0.0332 e. The Balaban J connectivity index is 1.89. The Morgan fingerprint density at radius 2 is 1.89 bits per heavy atom. The maximum Gasteiger partial charge on any atom is 0.0332 e. The molecule has 2 rings (SSSR count). The molecule has 0 radical (unpaired) electrons. The lowest BCUT2D eigenvalue weighted by atomic mass is 10.0. The molecule has 0 aromatic heterocycles. The predicted octanol–water partition coefficient (Wildman–Crippen LogP) is 3.60. The molecule has 0 bridgehead atoms. The van der Waals surface area contributed by atoms with Gasteiger partial charge in [-0.1, -0.05) is 44.2 Å². The summed E-state index contributed by atoms with van der Waals surface area (Å²) in [6.45, 7) is 8.01. The molecule has 19 heavy (non-hydrogen) atoms.